The lowest BCUT2D eigenvalue weighted by molar-refractivity contribution is -0.164. The van der Waals surface area contributed by atoms with Crippen molar-refractivity contribution in [3.05, 3.63) is 17.5 Å². The first-order valence-electron chi connectivity index (χ1n) is 11.3. The second-order valence-electron chi connectivity index (χ2n) is 9.87. The van der Waals surface area contributed by atoms with Gasteiger partial charge in [0.2, 0.25) is 0 Å². The molecule has 1 saturated heterocycles. The molecule has 1 aliphatic heterocycles. The molecule has 2 fully saturated rings. The average Bonchev–Trinajstić information content (AvgIpc) is 3.25. The number of aromatic nitrogens is 2. The number of ether oxygens (including phenoxy) is 2. The van der Waals surface area contributed by atoms with Crippen LogP contribution in [0.2, 0.25) is 0 Å². The Hall–Kier alpha value is -1.40. The number of H-pyrrole nitrogens is 1. The van der Waals surface area contributed by atoms with Gasteiger partial charge in [0.1, 0.15) is 0 Å². The van der Waals surface area contributed by atoms with E-state index in [4.69, 9.17) is 9.47 Å². The van der Waals surface area contributed by atoms with E-state index < -0.39 is 0 Å². The summed E-state index contributed by atoms with van der Waals surface area (Å²) in [6, 6.07) is 0. The molecule has 6 nitrogen and oxygen atoms in total. The van der Waals surface area contributed by atoms with E-state index in [1.165, 1.54) is 24.1 Å². The molecule has 6 heteroatoms. The molecular formula is C23H39N3O3. The number of rotatable bonds is 8. The Morgan fingerprint density at radius 2 is 2.21 bits per heavy atom. The monoisotopic (exact) mass is 405 g/mol. The van der Waals surface area contributed by atoms with E-state index in [2.05, 4.69) is 42.9 Å². The summed E-state index contributed by atoms with van der Waals surface area (Å²) in [5, 5.41) is 7.60. The van der Waals surface area contributed by atoms with Gasteiger partial charge < -0.3 is 14.4 Å². The Bertz CT molecular complexity index is 687. The maximum Gasteiger partial charge on any atom is 0.311 e. The highest BCUT2D eigenvalue weighted by Crippen LogP contribution is 2.53. The standard InChI is InChI=1S/C23H39N3O3/c1-6-8-11-26(5)14-18-13-24-25-20(18)17-9-10-23(15-22(3,4)16-29-23)19(12-17)21(27)28-7-2/h13,17,19H,6-12,14-16H2,1-5H3,(H,24,25)/t17-,19?,23-/m1/s1. The van der Waals surface area contributed by atoms with Gasteiger partial charge in [-0.05, 0) is 58.0 Å². The summed E-state index contributed by atoms with van der Waals surface area (Å²) in [6.07, 6.45) is 7.96. The van der Waals surface area contributed by atoms with Crippen molar-refractivity contribution < 1.29 is 14.3 Å². The molecule has 2 heterocycles. The van der Waals surface area contributed by atoms with Crippen LogP contribution in [0.25, 0.3) is 0 Å². The van der Waals surface area contributed by atoms with Crippen LogP contribution < -0.4 is 0 Å². The number of hydrogen-bond acceptors (Lipinski definition) is 5. The molecule has 1 N–H and O–H groups in total. The van der Waals surface area contributed by atoms with Gasteiger partial charge in [0.15, 0.2) is 0 Å². The third-order valence-corrected chi connectivity index (χ3v) is 6.66. The summed E-state index contributed by atoms with van der Waals surface area (Å²) >= 11 is 0. The molecule has 1 saturated carbocycles. The largest absolute Gasteiger partial charge is 0.466 e. The number of hydrogen-bond donors (Lipinski definition) is 1. The fourth-order valence-electron chi connectivity index (χ4n) is 5.26. The molecule has 1 spiro atoms. The van der Waals surface area contributed by atoms with Crippen LogP contribution in [0.15, 0.2) is 6.20 Å². The topological polar surface area (TPSA) is 67.5 Å². The summed E-state index contributed by atoms with van der Waals surface area (Å²) in [6.45, 7) is 11.7. The smallest absolute Gasteiger partial charge is 0.311 e. The normalized spacial score (nSPS) is 28.9. The van der Waals surface area contributed by atoms with Crippen molar-refractivity contribution in [3.63, 3.8) is 0 Å². The second-order valence-corrected chi connectivity index (χ2v) is 9.87. The summed E-state index contributed by atoms with van der Waals surface area (Å²) in [5.74, 6) is -0.0209. The average molecular weight is 406 g/mol. The van der Waals surface area contributed by atoms with Crippen molar-refractivity contribution in [2.24, 2.45) is 11.3 Å². The van der Waals surface area contributed by atoms with Crippen molar-refractivity contribution in [1.82, 2.24) is 15.1 Å². The predicted octanol–water partition coefficient (Wildman–Crippen LogP) is 4.27. The number of carbonyl (C=O) groups is 1. The third kappa shape index (κ3) is 5.02. The number of aromatic amines is 1. The Morgan fingerprint density at radius 1 is 1.41 bits per heavy atom. The molecule has 1 aromatic heterocycles. The number of carbonyl (C=O) groups excluding carboxylic acids is 1. The third-order valence-electron chi connectivity index (χ3n) is 6.66. The molecule has 29 heavy (non-hydrogen) atoms. The van der Waals surface area contributed by atoms with Gasteiger partial charge in [0, 0.05) is 23.7 Å². The van der Waals surface area contributed by atoms with Crippen molar-refractivity contribution in [2.75, 3.05) is 26.8 Å². The minimum Gasteiger partial charge on any atom is -0.466 e. The number of nitrogens with zero attached hydrogens (tertiary/aromatic N) is 2. The van der Waals surface area contributed by atoms with Crippen LogP contribution in [0.1, 0.15) is 83.4 Å². The predicted molar refractivity (Wildman–Crippen MR) is 114 cm³/mol. The van der Waals surface area contributed by atoms with Crippen LogP contribution in [0.4, 0.5) is 0 Å². The van der Waals surface area contributed by atoms with Crippen molar-refractivity contribution >= 4 is 5.97 Å². The lowest BCUT2D eigenvalue weighted by atomic mass is 9.66. The van der Waals surface area contributed by atoms with Crippen LogP contribution in [0.3, 0.4) is 0 Å². The van der Waals surface area contributed by atoms with Crippen LogP contribution in [0, 0.1) is 11.3 Å². The van der Waals surface area contributed by atoms with Crippen LogP contribution in [0.5, 0.6) is 0 Å². The molecule has 164 valence electrons. The fraction of sp³-hybridized carbons (Fsp3) is 0.826. The maximum atomic E-state index is 12.9. The minimum absolute atomic E-state index is 0.101. The highest BCUT2D eigenvalue weighted by Gasteiger charge is 2.55. The maximum absolute atomic E-state index is 12.9. The van der Waals surface area contributed by atoms with Gasteiger partial charge in [-0.2, -0.15) is 5.10 Å². The lowest BCUT2D eigenvalue weighted by Gasteiger charge is -2.42. The molecule has 1 unspecified atom stereocenters. The van der Waals surface area contributed by atoms with Crippen molar-refractivity contribution in [3.8, 4) is 0 Å². The first kappa shape index (κ1) is 22.3. The molecule has 3 atom stereocenters. The van der Waals surface area contributed by atoms with Gasteiger partial charge in [-0.25, -0.2) is 0 Å². The van der Waals surface area contributed by atoms with E-state index in [1.807, 2.05) is 13.1 Å². The van der Waals surface area contributed by atoms with E-state index in [-0.39, 0.29) is 22.9 Å². The second kappa shape index (κ2) is 9.17. The first-order valence-corrected chi connectivity index (χ1v) is 11.3. The quantitative estimate of drug-likeness (QED) is 0.654. The lowest BCUT2D eigenvalue weighted by Crippen LogP contribution is -2.47. The fourth-order valence-corrected chi connectivity index (χ4v) is 5.26. The first-order chi connectivity index (χ1) is 13.8. The summed E-state index contributed by atoms with van der Waals surface area (Å²) < 4.78 is 11.8. The van der Waals surface area contributed by atoms with E-state index in [0.29, 0.717) is 19.1 Å². The number of esters is 1. The van der Waals surface area contributed by atoms with Gasteiger partial charge >= 0.3 is 5.97 Å². The van der Waals surface area contributed by atoms with Crippen molar-refractivity contribution in [2.45, 2.75) is 84.3 Å². The molecule has 0 aromatic carbocycles. The SMILES string of the molecule is CCCCN(C)Cc1cn[nH]c1[C@@H]1CC[C@@]2(CC(C)(C)CO2)C(C(=O)OCC)C1. The van der Waals surface area contributed by atoms with Crippen LogP contribution in [-0.4, -0.2) is 53.5 Å². The van der Waals surface area contributed by atoms with Gasteiger partial charge in [0.25, 0.3) is 0 Å². The highest BCUT2D eigenvalue weighted by molar-refractivity contribution is 5.74. The molecule has 0 bridgehead atoms. The zero-order chi connectivity index (χ0) is 21.1. The Morgan fingerprint density at radius 3 is 2.86 bits per heavy atom. The molecule has 0 amide bonds. The van der Waals surface area contributed by atoms with Crippen LogP contribution >= 0.6 is 0 Å². The van der Waals surface area contributed by atoms with Gasteiger partial charge in [-0.3, -0.25) is 9.89 Å². The van der Waals surface area contributed by atoms with E-state index in [9.17, 15) is 4.79 Å². The molecule has 2 aliphatic rings. The highest BCUT2D eigenvalue weighted by atomic mass is 16.5. The van der Waals surface area contributed by atoms with Gasteiger partial charge in [0.05, 0.1) is 30.9 Å². The molecule has 1 aliphatic carbocycles. The molecule has 3 rings (SSSR count). The zero-order valence-electron chi connectivity index (χ0n) is 18.9. The Kier molecular flexibility index (Phi) is 7.05. The molecule has 1 aromatic rings. The van der Waals surface area contributed by atoms with Crippen LogP contribution in [-0.2, 0) is 20.8 Å². The van der Waals surface area contributed by atoms with Gasteiger partial charge in [-0.1, -0.05) is 27.2 Å². The van der Waals surface area contributed by atoms with Gasteiger partial charge in [-0.15, -0.1) is 0 Å². The summed E-state index contributed by atoms with van der Waals surface area (Å²) in [4.78, 5) is 15.3. The minimum atomic E-state index is -0.371. The Balaban J connectivity index is 1.77. The number of nitrogens with one attached hydrogen (secondary N) is 1. The number of unbranched alkanes of at least 4 members (excludes halogenated alkanes) is 1. The Labute approximate surface area is 175 Å². The van der Waals surface area contributed by atoms with Crippen molar-refractivity contribution in [1.29, 1.82) is 0 Å². The van der Waals surface area contributed by atoms with E-state index >= 15 is 0 Å². The zero-order valence-corrected chi connectivity index (χ0v) is 18.9. The summed E-state index contributed by atoms with van der Waals surface area (Å²) in [5.41, 5.74) is 2.18. The molecular weight excluding hydrogens is 366 g/mol. The molecule has 0 radical (unpaired) electrons. The van der Waals surface area contributed by atoms with E-state index in [0.717, 1.165) is 38.8 Å². The summed E-state index contributed by atoms with van der Waals surface area (Å²) in [7, 11) is 2.16. The van der Waals surface area contributed by atoms with E-state index in [1.54, 1.807) is 0 Å².